The summed E-state index contributed by atoms with van der Waals surface area (Å²) < 4.78 is 28.6. The van der Waals surface area contributed by atoms with E-state index in [1.54, 1.807) is 0 Å². The van der Waals surface area contributed by atoms with Gasteiger partial charge in [-0.25, -0.2) is 0 Å². The van der Waals surface area contributed by atoms with Gasteiger partial charge < -0.3 is 81.1 Å². The van der Waals surface area contributed by atoms with Gasteiger partial charge in [0.1, 0.15) is 61.0 Å². The fraction of sp³-hybridized carbons (Fsp3) is 0.964. The van der Waals surface area contributed by atoms with Gasteiger partial charge in [0, 0.05) is 0 Å². The second kappa shape index (κ2) is 18.6. The Labute approximate surface area is 267 Å². The Balaban J connectivity index is 1.88. The van der Waals surface area contributed by atoms with Crippen molar-refractivity contribution in [3.05, 3.63) is 0 Å². The predicted octanol–water partition coefficient (Wildman–Crippen LogP) is -4.84. The maximum atomic E-state index is 12.3. The number of carbonyl (C=O) groups is 1. The van der Waals surface area contributed by atoms with E-state index in [-0.39, 0.29) is 6.42 Å². The van der Waals surface area contributed by atoms with Crippen LogP contribution in [0.2, 0.25) is 0 Å². The minimum atomic E-state index is -1.72. The first-order valence-electron chi connectivity index (χ1n) is 15.9. The van der Waals surface area contributed by atoms with Crippen LogP contribution in [0.5, 0.6) is 0 Å². The molecule has 3 rings (SSSR count). The average molecular weight is 672 g/mol. The van der Waals surface area contributed by atoms with Crippen molar-refractivity contribution in [1.82, 2.24) is 5.32 Å². The smallest absolute Gasteiger partial charge is 0.320 e. The molecule has 3 aliphatic heterocycles. The van der Waals surface area contributed by atoms with E-state index in [4.69, 9.17) is 35.2 Å². The number of carboxylic acid groups (broad SMARTS) is 1. The van der Waals surface area contributed by atoms with Crippen LogP contribution in [-0.4, -0.2) is 170 Å². The number of aliphatic hydroxyl groups excluding tert-OH is 8. The lowest BCUT2D eigenvalue weighted by Gasteiger charge is -2.49. The number of hydrogen-bond acceptors (Lipinski definition) is 17. The highest BCUT2D eigenvalue weighted by Crippen LogP contribution is 2.32. The summed E-state index contributed by atoms with van der Waals surface area (Å²) in [7, 11) is 0. The molecule has 0 aromatic heterocycles. The Morgan fingerprint density at radius 2 is 1.26 bits per heavy atom. The van der Waals surface area contributed by atoms with Crippen molar-refractivity contribution >= 4 is 5.97 Å². The Kier molecular flexibility index (Phi) is 15.8. The summed E-state index contributed by atoms with van der Waals surface area (Å²) in [6.07, 6.45) is -12.6. The molecule has 0 amide bonds. The number of hydrogen-bond donors (Lipinski definition) is 12. The number of carboxylic acids is 1. The number of aliphatic carboxylic acids is 1. The van der Waals surface area contributed by atoms with Crippen LogP contribution in [0, 0.1) is 0 Å². The van der Waals surface area contributed by atoms with E-state index in [1.165, 1.54) is 0 Å². The summed E-state index contributed by atoms with van der Waals surface area (Å²) in [5.74, 6) is -1.23. The molecule has 46 heavy (non-hydrogen) atoms. The van der Waals surface area contributed by atoms with E-state index in [0.29, 0.717) is 6.42 Å². The lowest BCUT2D eigenvalue weighted by atomic mass is 9.93. The molecule has 0 spiro atoms. The molecule has 0 aromatic rings. The van der Waals surface area contributed by atoms with Crippen molar-refractivity contribution in [2.75, 3.05) is 19.8 Å². The Hall–Kier alpha value is -1.17. The Morgan fingerprint density at radius 1 is 0.717 bits per heavy atom. The van der Waals surface area contributed by atoms with Gasteiger partial charge in [0.15, 0.2) is 18.9 Å². The van der Waals surface area contributed by atoms with Crippen molar-refractivity contribution in [3.63, 3.8) is 0 Å². The summed E-state index contributed by atoms with van der Waals surface area (Å²) in [6.45, 7) is -0.122. The fourth-order valence-electron chi connectivity index (χ4n) is 5.97. The van der Waals surface area contributed by atoms with Gasteiger partial charge in [-0.05, 0) is 6.42 Å². The molecule has 3 saturated heterocycles. The Bertz CT molecular complexity index is 906. The monoisotopic (exact) mass is 671 g/mol. The van der Waals surface area contributed by atoms with Crippen LogP contribution in [0.3, 0.4) is 0 Å². The molecule has 3 unspecified atom stereocenters. The molecule has 3 fully saturated rings. The molecule has 270 valence electrons. The summed E-state index contributed by atoms with van der Waals surface area (Å²) in [5, 5.41) is 95.6. The molecular weight excluding hydrogens is 618 g/mol. The van der Waals surface area contributed by atoms with Gasteiger partial charge in [-0.3, -0.25) is 10.1 Å². The highest BCUT2D eigenvalue weighted by Gasteiger charge is 2.53. The summed E-state index contributed by atoms with van der Waals surface area (Å²) in [5.41, 5.74) is 11.9. The SMILES string of the molecule is CCCCCCCCC(N[C@H]1[C@H](OC2[C@@H](CO)O[C@@H](O)[C@H](N)[C@H]2O)O[C@H](CO)C(O[C@@H]2O[C@H](CO)[C@@H](O)[C@H](O)[C@H]2N)[C@@H]1O)C(=O)O. The molecule has 16 atom stereocenters. The highest BCUT2D eigenvalue weighted by atomic mass is 16.7. The van der Waals surface area contributed by atoms with E-state index in [0.717, 1.165) is 32.1 Å². The van der Waals surface area contributed by atoms with Gasteiger partial charge in [-0.1, -0.05) is 45.4 Å². The maximum Gasteiger partial charge on any atom is 0.320 e. The third-order valence-corrected chi connectivity index (χ3v) is 8.82. The quantitative estimate of drug-likeness (QED) is 0.0645. The number of aliphatic hydroxyl groups is 8. The van der Waals surface area contributed by atoms with E-state index in [9.17, 15) is 50.8 Å². The molecule has 3 heterocycles. The molecule has 0 aromatic carbocycles. The minimum absolute atomic E-state index is 0.163. The van der Waals surface area contributed by atoms with Crippen LogP contribution in [0.25, 0.3) is 0 Å². The van der Waals surface area contributed by atoms with Crippen molar-refractivity contribution in [2.45, 2.75) is 150 Å². The topological polar surface area (TPSA) is 309 Å². The van der Waals surface area contributed by atoms with Gasteiger partial charge in [0.05, 0.1) is 37.9 Å². The van der Waals surface area contributed by atoms with Gasteiger partial charge in [-0.2, -0.15) is 0 Å². The number of ether oxygens (including phenoxy) is 5. The van der Waals surface area contributed by atoms with E-state index in [1.807, 2.05) is 0 Å². The van der Waals surface area contributed by atoms with Crippen LogP contribution < -0.4 is 16.8 Å². The number of rotatable bonds is 17. The second-order valence-electron chi connectivity index (χ2n) is 12.2. The van der Waals surface area contributed by atoms with Gasteiger partial charge in [-0.15, -0.1) is 0 Å². The average Bonchev–Trinajstić information content (AvgIpc) is 3.04. The molecule has 18 nitrogen and oxygen atoms in total. The summed E-state index contributed by atoms with van der Waals surface area (Å²) in [6, 6.07) is -5.37. The fourth-order valence-corrected chi connectivity index (χ4v) is 5.97. The molecule has 0 aliphatic carbocycles. The van der Waals surface area contributed by atoms with Gasteiger partial charge in [0.25, 0.3) is 0 Å². The molecule has 14 N–H and O–H groups in total. The Morgan fingerprint density at radius 3 is 1.87 bits per heavy atom. The van der Waals surface area contributed by atoms with Crippen LogP contribution >= 0.6 is 0 Å². The van der Waals surface area contributed by atoms with Gasteiger partial charge in [0.2, 0.25) is 0 Å². The lowest BCUT2D eigenvalue weighted by molar-refractivity contribution is -0.351. The third-order valence-electron chi connectivity index (χ3n) is 8.82. The zero-order valence-electron chi connectivity index (χ0n) is 25.9. The predicted molar refractivity (Wildman–Crippen MR) is 156 cm³/mol. The number of nitrogens with one attached hydrogen (secondary N) is 1. The molecule has 3 aliphatic rings. The van der Waals surface area contributed by atoms with E-state index >= 15 is 0 Å². The second-order valence-corrected chi connectivity index (χ2v) is 12.2. The number of unbranched alkanes of at least 4 members (excludes halogenated alkanes) is 5. The molecule has 0 saturated carbocycles. The van der Waals surface area contributed by atoms with E-state index < -0.39 is 124 Å². The first kappa shape index (κ1) is 39.3. The summed E-state index contributed by atoms with van der Waals surface area (Å²) >= 11 is 0. The maximum absolute atomic E-state index is 12.3. The van der Waals surface area contributed by atoms with Crippen molar-refractivity contribution in [3.8, 4) is 0 Å². The zero-order chi connectivity index (χ0) is 34.1. The van der Waals surface area contributed by atoms with Gasteiger partial charge >= 0.3 is 5.97 Å². The van der Waals surface area contributed by atoms with Crippen LogP contribution in [0.4, 0.5) is 0 Å². The minimum Gasteiger partial charge on any atom is -0.480 e. The standard InChI is InChI=1S/C28H53N3O15/c1-2-3-4-5-6-7-8-12(25(39)40)31-18-22(38)24(45-27-17(30)20(36)19(35)13(9-32)43-27)15(11-34)44-28(18)46-23-14(10-33)42-26(41)16(29)21(23)37/h12-24,26-28,31-38,41H,2-11,29-30H2,1H3,(H,39,40)/t12?,13-,14-,15-,16-,17-,18-,19-,20-,21-,22-,23?,24?,26-,27+,28+/m1/s1. The third kappa shape index (κ3) is 9.50. The first-order chi connectivity index (χ1) is 21.9. The van der Waals surface area contributed by atoms with Crippen molar-refractivity contribution in [2.24, 2.45) is 11.5 Å². The zero-order valence-corrected chi connectivity index (χ0v) is 25.9. The van der Waals surface area contributed by atoms with Crippen LogP contribution in [0.15, 0.2) is 0 Å². The van der Waals surface area contributed by atoms with Crippen LogP contribution in [0.1, 0.15) is 51.9 Å². The molecule has 0 bridgehead atoms. The normalized spacial score (nSPS) is 42.5. The van der Waals surface area contributed by atoms with Crippen molar-refractivity contribution < 1.29 is 74.4 Å². The molecule has 18 heteroatoms. The van der Waals surface area contributed by atoms with E-state index in [2.05, 4.69) is 12.2 Å². The molecule has 0 radical (unpaired) electrons. The van der Waals surface area contributed by atoms with Crippen LogP contribution in [-0.2, 0) is 28.5 Å². The lowest BCUT2D eigenvalue weighted by Crippen LogP contribution is -2.71. The largest absolute Gasteiger partial charge is 0.480 e. The summed E-state index contributed by atoms with van der Waals surface area (Å²) in [4.78, 5) is 12.3. The van der Waals surface area contributed by atoms with Crippen molar-refractivity contribution in [1.29, 1.82) is 0 Å². The number of nitrogens with two attached hydrogens (primary N) is 2. The highest BCUT2D eigenvalue weighted by molar-refractivity contribution is 5.73. The molecular formula is C28H53N3O15. The first-order valence-corrected chi connectivity index (χ1v) is 15.9.